The van der Waals surface area contributed by atoms with Gasteiger partial charge in [-0.25, -0.2) is 0 Å². The van der Waals surface area contributed by atoms with E-state index < -0.39 is 0 Å². The zero-order chi connectivity index (χ0) is 25.3. The zero-order valence-corrected chi connectivity index (χ0v) is 26.2. The maximum Gasteiger partial charge on any atom is 0.211 e. The van der Waals surface area contributed by atoms with Crippen molar-refractivity contribution in [1.82, 2.24) is 0 Å². The molecule has 4 rings (SSSR count). The van der Waals surface area contributed by atoms with E-state index in [-0.39, 0.29) is 10.2 Å². The topological polar surface area (TPSA) is 34.1 Å². The van der Waals surface area contributed by atoms with Crippen LogP contribution in [0.3, 0.4) is 0 Å². The highest BCUT2D eigenvalue weighted by molar-refractivity contribution is 8.23. The highest BCUT2D eigenvalue weighted by Crippen LogP contribution is 2.43. The molecule has 0 amide bonds. The Morgan fingerprint density at radius 1 is 0.750 bits per heavy atom. The van der Waals surface area contributed by atoms with Gasteiger partial charge in [-0.15, -0.1) is 70.6 Å². The molecular formula is C26H28O2S8. The van der Waals surface area contributed by atoms with E-state index in [1.54, 1.807) is 0 Å². The Kier molecular flexibility index (Phi) is 12.4. The summed E-state index contributed by atoms with van der Waals surface area (Å²) in [5.41, 5.74) is 0. The summed E-state index contributed by atoms with van der Waals surface area (Å²) < 4.78 is 1.17. The summed E-state index contributed by atoms with van der Waals surface area (Å²) in [5.74, 6) is 6.19. The predicted octanol–water partition coefficient (Wildman–Crippen LogP) is 8.27. The van der Waals surface area contributed by atoms with Crippen LogP contribution in [-0.4, -0.2) is 64.4 Å². The van der Waals surface area contributed by atoms with Crippen molar-refractivity contribution in [1.29, 1.82) is 0 Å². The van der Waals surface area contributed by atoms with E-state index in [2.05, 4.69) is 49.6 Å². The quantitative estimate of drug-likeness (QED) is 0.169. The van der Waals surface area contributed by atoms with Crippen molar-refractivity contribution in [2.45, 2.75) is 29.5 Å². The van der Waals surface area contributed by atoms with Crippen molar-refractivity contribution in [2.24, 2.45) is 0 Å². The van der Waals surface area contributed by atoms with Crippen molar-refractivity contribution >= 4 is 115 Å². The normalized spacial score (nSPS) is 23.7. The first-order chi connectivity index (χ1) is 17.5. The van der Waals surface area contributed by atoms with Gasteiger partial charge in [-0.3, -0.25) is 9.59 Å². The predicted molar refractivity (Wildman–Crippen MR) is 176 cm³/mol. The minimum Gasteiger partial charge on any atom is -0.282 e. The molecule has 2 saturated heterocycles. The minimum atomic E-state index is 0.0777. The second kappa shape index (κ2) is 15.2. The number of carbonyl (C=O) groups is 2. The van der Waals surface area contributed by atoms with Gasteiger partial charge in [-0.05, 0) is 47.2 Å². The van der Waals surface area contributed by atoms with E-state index in [1.165, 1.54) is 56.2 Å². The summed E-state index contributed by atoms with van der Waals surface area (Å²) in [4.78, 5) is 25.6. The summed E-state index contributed by atoms with van der Waals surface area (Å²) >= 11 is 14.7. The third-order valence-corrected chi connectivity index (χ3v) is 17.4. The second-order valence-electron chi connectivity index (χ2n) is 8.00. The molecule has 2 aromatic carbocycles. The summed E-state index contributed by atoms with van der Waals surface area (Å²) in [5, 5.41) is 3.84. The van der Waals surface area contributed by atoms with Gasteiger partial charge < -0.3 is 0 Å². The molecule has 0 aliphatic carbocycles. The Labute approximate surface area is 248 Å². The van der Waals surface area contributed by atoms with Gasteiger partial charge in [0.15, 0.2) is 0 Å². The molecule has 2 aliphatic rings. The molecule has 0 radical (unpaired) electrons. The second-order valence-corrected chi connectivity index (χ2v) is 18.3. The van der Waals surface area contributed by atoms with Gasteiger partial charge in [0.05, 0.1) is 9.16 Å². The molecule has 36 heavy (non-hydrogen) atoms. The zero-order valence-electron chi connectivity index (χ0n) is 19.7. The van der Waals surface area contributed by atoms with E-state index in [0.29, 0.717) is 19.7 Å². The van der Waals surface area contributed by atoms with Crippen LogP contribution in [0.1, 0.15) is 0 Å². The van der Waals surface area contributed by atoms with Crippen LogP contribution in [0.15, 0.2) is 71.5 Å². The Morgan fingerprint density at radius 3 is 1.61 bits per heavy atom. The molecular weight excluding hydrogens is 601 g/mol. The molecule has 0 spiro atoms. The average Bonchev–Trinajstić information content (AvgIpc) is 3.57. The van der Waals surface area contributed by atoms with Crippen LogP contribution in [-0.2, 0) is 9.59 Å². The third kappa shape index (κ3) is 9.21. The molecule has 0 N–H and O–H groups in total. The number of hydrogen-bond donors (Lipinski definition) is 0. The number of thioether (sulfide) groups is 8. The highest BCUT2D eigenvalue weighted by Gasteiger charge is 2.27. The highest BCUT2D eigenvalue weighted by atomic mass is 32.2. The number of benzene rings is 2. The van der Waals surface area contributed by atoms with Crippen molar-refractivity contribution < 1.29 is 9.59 Å². The molecule has 0 aromatic heterocycles. The Balaban J connectivity index is 1.21. The standard InChI is InChI=1S/C26H28O2S8/c1-3-23(27)31-11-21-13-33-25(35-21)15-29-19-7-5-18-10-20(8-6-17(18)9-19)30-16-26-34-14-22(36-26)12-32-24(28)4-2/h3-10,21-22,25-26H,1-2,11-16H2. The van der Waals surface area contributed by atoms with Crippen LogP contribution in [0, 0.1) is 0 Å². The third-order valence-electron chi connectivity index (χ3n) is 5.34. The molecule has 2 aliphatic heterocycles. The summed E-state index contributed by atoms with van der Waals surface area (Å²) in [7, 11) is 0. The first kappa shape index (κ1) is 29.3. The van der Waals surface area contributed by atoms with Crippen molar-refractivity contribution in [3.63, 3.8) is 0 Å². The van der Waals surface area contributed by atoms with E-state index in [0.717, 1.165) is 34.5 Å². The Bertz CT molecular complexity index is 1010. The van der Waals surface area contributed by atoms with Crippen molar-refractivity contribution in [3.8, 4) is 0 Å². The van der Waals surface area contributed by atoms with Crippen LogP contribution in [0.5, 0.6) is 0 Å². The van der Waals surface area contributed by atoms with E-state index in [9.17, 15) is 9.59 Å². The first-order valence-electron chi connectivity index (χ1n) is 11.4. The van der Waals surface area contributed by atoms with E-state index >= 15 is 0 Å². The molecule has 2 aromatic rings. The Hall–Kier alpha value is 0.320. The largest absolute Gasteiger partial charge is 0.282 e. The monoisotopic (exact) mass is 628 g/mol. The molecule has 10 heteroatoms. The van der Waals surface area contributed by atoms with Crippen LogP contribution in [0.4, 0.5) is 0 Å². The molecule has 2 heterocycles. The van der Waals surface area contributed by atoms with Gasteiger partial charge in [0, 0.05) is 54.8 Å². The summed E-state index contributed by atoms with van der Waals surface area (Å²) in [6, 6.07) is 13.6. The van der Waals surface area contributed by atoms with Gasteiger partial charge in [-0.1, -0.05) is 48.8 Å². The number of rotatable bonds is 12. The van der Waals surface area contributed by atoms with E-state index in [4.69, 9.17) is 0 Å². The first-order valence-corrected chi connectivity index (χ1v) is 19.4. The fourth-order valence-corrected chi connectivity index (χ4v) is 14.8. The lowest BCUT2D eigenvalue weighted by atomic mass is 10.1. The molecule has 0 bridgehead atoms. The molecule has 2 nitrogen and oxygen atoms in total. The summed E-state index contributed by atoms with van der Waals surface area (Å²) in [6.45, 7) is 7.10. The molecule has 4 unspecified atom stereocenters. The summed E-state index contributed by atoms with van der Waals surface area (Å²) in [6.07, 6.45) is 2.82. The fourth-order valence-electron chi connectivity index (χ4n) is 3.54. The lowest BCUT2D eigenvalue weighted by molar-refractivity contribution is -0.107. The van der Waals surface area contributed by atoms with Crippen molar-refractivity contribution in [2.75, 3.05) is 34.5 Å². The lowest BCUT2D eigenvalue weighted by Crippen LogP contribution is -2.07. The van der Waals surface area contributed by atoms with Gasteiger partial charge in [0.25, 0.3) is 0 Å². The lowest BCUT2D eigenvalue weighted by Gasteiger charge is -2.11. The molecule has 192 valence electrons. The van der Waals surface area contributed by atoms with Crippen LogP contribution in [0.25, 0.3) is 10.8 Å². The molecule has 4 atom stereocenters. The van der Waals surface area contributed by atoms with Gasteiger partial charge in [0.2, 0.25) is 10.2 Å². The Morgan fingerprint density at radius 2 is 1.19 bits per heavy atom. The molecule has 2 fully saturated rings. The molecule has 0 saturated carbocycles. The van der Waals surface area contributed by atoms with Crippen LogP contribution < -0.4 is 0 Å². The maximum atomic E-state index is 11.5. The van der Waals surface area contributed by atoms with Gasteiger partial charge in [-0.2, -0.15) is 0 Å². The smallest absolute Gasteiger partial charge is 0.211 e. The minimum absolute atomic E-state index is 0.0777. The maximum absolute atomic E-state index is 11.5. The van der Waals surface area contributed by atoms with Crippen LogP contribution in [0.2, 0.25) is 0 Å². The van der Waals surface area contributed by atoms with Gasteiger partial charge >= 0.3 is 0 Å². The SMILES string of the molecule is C=CC(=O)SCC1CSC(CSc2ccc3cc(SCC4SCC(CSC(=O)C=C)S4)ccc3c2)S1. The number of carbonyl (C=O) groups excluding carboxylic acids is 2. The average molecular weight is 629 g/mol. The number of fused-ring (bicyclic) bond motifs is 1. The number of hydrogen-bond acceptors (Lipinski definition) is 10. The van der Waals surface area contributed by atoms with E-state index in [1.807, 2.05) is 70.6 Å². The van der Waals surface area contributed by atoms with Crippen LogP contribution >= 0.6 is 94.1 Å². The van der Waals surface area contributed by atoms with Gasteiger partial charge in [0.1, 0.15) is 0 Å². The fraction of sp³-hybridized carbons (Fsp3) is 0.385. The van der Waals surface area contributed by atoms with Crippen molar-refractivity contribution in [3.05, 3.63) is 61.7 Å².